The Kier molecular flexibility index (Phi) is 4.63. The highest BCUT2D eigenvalue weighted by atomic mass is 32.1. The Morgan fingerprint density at radius 1 is 1.15 bits per heavy atom. The second-order valence-electron chi connectivity index (χ2n) is 7.48. The van der Waals surface area contributed by atoms with Gasteiger partial charge in [-0.1, -0.05) is 17.4 Å². The van der Waals surface area contributed by atoms with Crippen LogP contribution in [0.3, 0.4) is 0 Å². The molecule has 0 N–H and O–H groups in total. The number of amides is 1. The summed E-state index contributed by atoms with van der Waals surface area (Å²) >= 11 is 1.75. The Bertz CT molecular complexity index is 982. The first-order valence-electron chi connectivity index (χ1n) is 9.39. The molecule has 0 spiro atoms. The average Bonchev–Trinajstić information content (AvgIpc) is 3.28. The van der Waals surface area contributed by atoms with E-state index >= 15 is 0 Å². The molecule has 0 radical (unpaired) electrons. The van der Waals surface area contributed by atoms with Crippen LogP contribution in [-0.4, -0.2) is 51.8 Å². The molecular formula is C20H25N5OS. The van der Waals surface area contributed by atoms with Gasteiger partial charge in [-0.05, 0) is 51.0 Å². The fraction of sp³-hybridized carbons (Fsp3) is 0.450. The first-order chi connectivity index (χ1) is 12.9. The highest BCUT2D eigenvalue weighted by molar-refractivity contribution is 7.22. The van der Waals surface area contributed by atoms with E-state index in [9.17, 15) is 4.79 Å². The summed E-state index contributed by atoms with van der Waals surface area (Å²) in [6.45, 7) is 11.4. The third kappa shape index (κ3) is 3.43. The molecule has 27 heavy (non-hydrogen) atoms. The predicted molar refractivity (Wildman–Crippen MR) is 110 cm³/mol. The molecule has 3 heterocycles. The monoisotopic (exact) mass is 383 g/mol. The third-order valence-electron chi connectivity index (χ3n) is 5.00. The van der Waals surface area contributed by atoms with Gasteiger partial charge in [0.15, 0.2) is 5.13 Å². The molecule has 0 aliphatic carbocycles. The molecule has 3 aromatic rings. The first kappa shape index (κ1) is 18.0. The van der Waals surface area contributed by atoms with Crippen LogP contribution in [0.1, 0.15) is 41.5 Å². The van der Waals surface area contributed by atoms with Crippen LogP contribution in [0.25, 0.3) is 10.2 Å². The molecule has 1 aliphatic rings. The molecule has 1 fully saturated rings. The zero-order valence-corrected chi connectivity index (χ0v) is 17.1. The summed E-state index contributed by atoms with van der Waals surface area (Å²) < 4.78 is 3.09. The van der Waals surface area contributed by atoms with Crippen molar-refractivity contribution in [2.45, 2.75) is 33.7 Å². The molecule has 1 aliphatic heterocycles. The van der Waals surface area contributed by atoms with E-state index in [1.165, 1.54) is 15.8 Å². The summed E-state index contributed by atoms with van der Waals surface area (Å²) in [4.78, 5) is 21.7. The van der Waals surface area contributed by atoms with Gasteiger partial charge in [-0.3, -0.25) is 9.48 Å². The standard InChI is InChI=1S/C20H25N5OS/c1-13(2)25-6-5-16(22-25)19(26)23-7-9-24(10-8-23)20-21-17-12-14(3)11-15(4)18(17)27-20/h5-6,11-13H,7-10H2,1-4H3. The highest BCUT2D eigenvalue weighted by Gasteiger charge is 2.25. The number of carbonyl (C=O) groups excluding carboxylic acids is 1. The van der Waals surface area contributed by atoms with E-state index in [1.54, 1.807) is 11.3 Å². The highest BCUT2D eigenvalue weighted by Crippen LogP contribution is 2.32. The van der Waals surface area contributed by atoms with Crippen molar-refractivity contribution in [3.8, 4) is 0 Å². The fourth-order valence-electron chi connectivity index (χ4n) is 3.50. The van der Waals surface area contributed by atoms with E-state index in [2.05, 4.69) is 49.8 Å². The van der Waals surface area contributed by atoms with Crippen molar-refractivity contribution in [3.05, 3.63) is 41.2 Å². The molecule has 0 atom stereocenters. The van der Waals surface area contributed by atoms with Gasteiger partial charge >= 0.3 is 0 Å². The van der Waals surface area contributed by atoms with Gasteiger partial charge in [0.25, 0.3) is 5.91 Å². The number of benzene rings is 1. The quantitative estimate of drug-likeness (QED) is 0.693. The first-order valence-corrected chi connectivity index (χ1v) is 10.2. The minimum Gasteiger partial charge on any atom is -0.345 e. The van der Waals surface area contributed by atoms with Gasteiger partial charge in [0, 0.05) is 38.4 Å². The number of hydrogen-bond acceptors (Lipinski definition) is 5. The second kappa shape index (κ2) is 6.96. The lowest BCUT2D eigenvalue weighted by Gasteiger charge is -2.34. The van der Waals surface area contributed by atoms with Crippen LogP contribution in [0.5, 0.6) is 0 Å². The zero-order valence-electron chi connectivity index (χ0n) is 16.3. The normalized spacial score (nSPS) is 15.1. The van der Waals surface area contributed by atoms with Crippen molar-refractivity contribution in [2.24, 2.45) is 0 Å². The molecule has 1 aromatic carbocycles. The van der Waals surface area contributed by atoms with Gasteiger partial charge in [-0.25, -0.2) is 4.98 Å². The fourth-order valence-corrected chi connectivity index (χ4v) is 4.57. The number of piperazine rings is 1. The number of aromatic nitrogens is 3. The zero-order chi connectivity index (χ0) is 19.1. The maximum atomic E-state index is 12.7. The minimum absolute atomic E-state index is 0.0184. The molecule has 0 unspecified atom stereocenters. The molecule has 0 bridgehead atoms. The van der Waals surface area contributed by atoms with Crippen LogP contribution in [0.4, 0.5) is 5.13 Å². The third-order valence-corrected chi connectivity index (χ3v) is 6.27. The molecule has 1 amide bonds. The second-order valence-corrected chi connectivity index (χ2v) is 8.46. The van der Waals surface area contributed by atoms with E-state index in [0.29, 0.717) is 18.8 Å². The van der Waals surface area contributed by atoms with Crippen LogP contribution < -0.4 is 4.90 Å². The number of aryl methyl sites for hydroxylation is 2. The van der Waals surface area contributed by atoms with Crippen molar-refractivity contribution < 1.29 is 4.79 Å². The van der Waals surface area contributed by atoms with Gasteiger partial charge < -0.3 is 9.80 Å². The average molecular weight is 384 g/mol. The van der Waals surface area contributed by atoms with E-state index < -0.39 is 0 Å². The molecular weight excluding hydrogens is 358 g/mol. The van der Waals surface area contributed by atoms with E-state index in [4.69, 9.17) is 4.98 Å². The Morgan fingerprint density at radius 2 is 1.89 bits per heavy atom. The molecule has 4 rings (SSSR count). The summed E-state index contributed by atoms with van der Waals surface area (Å²) in [7, 11) is 0. The maximum Gasteiger partial charge on any atom is 0.274 e. The summed E-state index contributed by atoms with van der Waals surface area (Å²) in [5, 5.41) is 5.46. The van der Waals surface area contributed by atoms with E-state index in [0.717, 1.165) is 23.7 Å². The van der Waals surface area contributed by atoms with Gasteiger partial charge in [0.2, 0.25) is 0 Å². The molecule has 6 nitrogen and oxygen atoms in total. The minimum atomic E-state index is 0.0184. The van der Waals surface area contributed by atoms with Gasteiger partial charge in [-0.2, -0.15) is 5.10 Å². The van der Waals surface area contributed by atoms with Crippen LogP contribution in [0.2, 0.25) is 0 Å². The number of nitrogens with zero attached hydrogens (tertiary/aromatic N) is 5. The summed E-state index contributed by atoms with van der Waals surface area (Å²) in [5.41, 5.74) is 4.13. The smallest absolute Gasteiger partial charge is 0.274 e. The summed E-state index contributed by atoms with van der Waals surface area (Å²) in [5.74, 6) is 0.0184. The maximum absolute atomic E-state index is 12.7. The molecule has 1 saturated heterocycles. The Labute approximate surface area is 163 Å². The lowest BCUT2D eigenvalue weighted by atomic mass is 10.1. The van der Waals surface area contributed by atoms with Crippen molar-refractivity contribution in [3.63, 3.8) is 0 Å². The van der Waals surface area contributed by atoms with Crippen LogP contribution in [0, 0.1) is 13.8 Å². The SMILES string of the molecule is Cc1cc(C)c2sc(N3CCN(C(=O)c4ccn(C(C)C)n4)CC3)nc2c1. The van der Waals surface area contributed by atoms with Crippen LogP contribution >= 0.6 is 11.3 Å². The van der Waals surface area contributed by atoms with Crippen LogP contribution in [-0.2, 0) is 0 Å². The lowest BCUT2D eigenvalue weighted by Crippen LogP contribution is -2.48. The number of anilines is 1. The number of hydrogen-bond donors (Lipinski definition) is 0. The Hall–Kier alpha value is -2.41. The number of fused-ring (bicyclic) bond motifs is 1. The van der Waals surface area contributed by atoms with Crippen LogP contribution in [0.15, 0.2) is 24.4 Å². The van der Waals surface area contributed by atoms with Crippen molar-refractivity contribution in [1.82, 2.24) is 19.7 Å². The molecule has 142 valence electrons. The van der Waals surface area contributed by atoms with E-state index in [-0.39, 0.29) is 11.9 Å². The Morgan fingerprint density at radius 3 is 2.56 bits per heavy atom. The van der Waals surface area contributed by atoms with Gasteiger partial charge in [0.1, 0.15) is 5.69 Å². The topological polar surface area (TPSA) is 54.3 Å². The van der Waals surface area contributed by atoms with E-state index in [1.807, 2.05) is 21.8 Å². The predicted octanol–water partition coefficient (Wildman–Crippen LogP) is 3.65. The molecule has 2 aromatic heterocycles. The van der Waals surface area contributed by atoms with Crippen molar-refractivity contribution >= 4 is 32.6 Å². The van der Waals surface area contributed by atoms with Gasteiger partial charge in [0.05, 0.1) is 10.2 Å². The number of rotatable bonds is 3. The largest absolute Gasteiger partial charge is 0.345 e. The lowest BCUT2D eigenvalue weighted by molar-refractivity contribution is 0.0739. The molecule has 7 heteroatoms. The van der Waals surface area contributed by atoms with Gasteiger partial charge in [-0.15, -0.1) is 0 Å². The summed E-state index contributed by atoms with van der Waals surface area (Å²) in [6.07, 6.45) is 1.87. The number of thiazole rings is 1. The molecule has 0 saturated carbocycles. The van der Waals surface area contributed by atoms with Crippen molar-refractivity contribution in [1.29, 1.82) is 0 Å². The van der Waals surface area contributed by atoms with Crippen molar-refractivity contribution in [2.75, 3.05) is 31.1 Å². The Balaban J connectivity index is 1.45. The number of carbonyl (C=O) groups is 1. The summed E-state index contributed by atoms with van der Waals surface area (Å²) in [6, 6.07) is 6.42.